The van der Waals surface area contributed by atoms with E-state index in [1.165, 1.54) is 12.1 Å². The minimum Gasteiger partial charge on any atom is -0.451 e. The van der Waals surface area contributed by atoms with Crippen molar-refractivity contribution in [3.8, 4) is 0 Å². The molecule has 0 aliphatic carbocycles. The van der Waals surface area contributed by atoms with Gasteiger partial charge >= 0.3 is 0 Å². The van der Waals surface area contributed by atoms with Gasteiger partial charge in [-0.2, -0.15) is 8.78 Å². The number of carbonyl (C=O) groups excluding carboxylic acids is 1. The highest BCUT2D eigenvalue weighted by molar-refractivity contribution is 9.10. The summed E-state index contributed by atoms with van der Waals surface area (Å²) in [6.07, 6.45) is 0. The Balaban J connectivity index is 1.81. The number of carbonyl (C=O) groups is 1. The molecule has 1 N–H and O–H groups in total. The van der Waals surface area contributed by atoms with Crippen molar-refractivity contribution in [3.05, 3.63) is 58.3 Å². The SMILES string of the molecule is Cc1c(C(=O)Nc2ccc(SC(F)F)cc2)oc2ccc(Br)cc12. The van der Waals surface area contributed by atoms with E-state index in [2.05, 4.69) is 21.2 Å². The Morgan fingerprint density at radius 2 is 1.92 bits per heavy atom. The second kappa shape index (κ2) is 6.94. The van der Waals surface area contributed by atoms with Crippen molar-refractivity contribution in [2.75, 3.05) is 5.32 Å². The van der Waals surface area contributed by atoms with Crippen molar-refractivity contribution in [1.29, 1.82) is 0 Å². The van der Waals surface area contributed by atoms with Gasteiger partial charge in [0.2, 0.25) is 0 Å². The van der Waals surface area contributed by atoms with Crippen LogP contribution in [0.3, 0.4) is 0 Å². The van der Waals surface area contributed by atoms with Crippen LogP contribution in [0.25, 0.3) is 11.0 Å². The van der Waals surface area contributed by atoms with Crippen molar-refractivity contribution < 1.29 is 18.0 Å². The number of furan rings is 1. The average Bonchev–Trinajstić information content (AvgIpc) is 2.86. The molecule has 0 fully saturated rings. The molecule has 3 aromatic rings. The van der Waals surface area contributed by atoms with E-state index in [0.29, 0.717) is 27.9 Å². The van der Waals surface area contributed by atoms with E-state index in [9.17, 15) is 13.6 Å². The maximum atomic E-state index is 12.4. The fourth-order valence-electron chi connectivity index (χ4n) is 2.32. The number of anilines is 1. The van der Waals surface area contributed by atoms with Crippen LogP contribution in [0.4, 0.5) is 14.5 Å². The molecule has 0 aliphatic heterocycles. The van der Waals surface area contributed by atoms with Crippen LogP contribution in [0, 0.1) is 6.92 Å². The van der Waals surface area contributed by atoms with Crippen LogP contribution >= 0.6 is 27.7 Å². The first-order valence-electron chi connectivity index (χ1n) is 6.99. The van der Waals surface area contributed by atoms with Gasteiger partial charge in [-0.25, -0.2) is 0 Å². The van der Waals surface area contributed by atoms with E-state index >= 15 is 0 Å². The summed E-state index contributed by atoms with van der Waals surface area (Å²) in [7, 11) is 0. The molecule has 0 aliphatic rings. The van der Waals surface area contributed by atoms with Gasteiger partial charge in [-0.1, -0.05) is 27.7 Å². The summed E-state index contributed by atoms with van der Waals surface area (Å²) < 4.78 is 31.1. The summed E-state index contributed by atoms with van der Waals surface area (Å²) in [6.45, 7) is 1.82. The van der Waals surface area contributed by atoms with Gasteiger partial charge in [0.25, 0.3) is 11.7 Å². The van der Waals surface area contributed by atoms with E-state index in [4.69, 9.17) is 4.42 Å². The topological polar surface area (TPSA) is 42.2 Å². The van der Waals surface area contributed by atoms with Gasteiger partial charge in [-0.05, 0) is 49.4 Å². The van der Waals surface area contributed by atoms with Crippen molar-refractivity contribution in [2.45, 2.75) is 17.6 Å². The Morgan fingerprint density at radius 3 is 2.58 bits per heavy atom. The van der Waals surface area contributed by atoms with E-state index < -0.39 is 5.76 Å². The Hall–Kier alpha value is -1.86. The molecule has 0 saturated carbocycles. The second-order valence-electron chi connectivity index (χ2n) is 5.05. The second-order valence-corrected chi connectivity index (χ2v) is 7.03. The number of hydrogen-bond acceptors (Lipinski definition) is 3. The molecule has 0 bridgehead atoms. The monoisotopic (exact) mass is 411 g/mol. The molecule has 0 unspecified atom stereocenters. The fourth-order valence-corrected chi connectivity index (χ4v) is 3.18. The zero-order valence-electron chi connectivity index (χ0n) is 12.5. The molecule has 24 heavy (non-hydrogen) atoms. The largest absolute Gasteiger partial charge is 0.451 e. The third-order valence-corrected chi connectivity index (χ3v) is 4.66. The highest BCUT2D eigenvalue weighted by atomic mass is 79.9. The van der Waals surface area contributed by atoms with Gasteiger partial charge in [0.1, 0.15) is 5.58 Å². The van der Waals surface area contributed by atoms with Gasteiger partial charge < -0.3 is 9.73 Å². The predicted octanol–water partition coefficient (Wildman–Crippen LogP) is 6.07. The number of thioether (sulfide) groups is 1. The number of amides is 1. The first kappa shape index (κ1) is 17.0. The van der Waals surface area contributed by atoms with E-state index in [-0.39, 0.29) is 11.7 Å². The lowest BCUT2D eigenvalue weighted by molar-refractivity contribution is 0.0998. The van der Waals surface area contributed by atoms with Gasteiger partial charge in [-0.3, -0.25) is 4.79 Å². The maximum absolute atomic E-state index is 12.4. The van der Waals surface area contributed by atoms with Gasteiger partial charge in [-0.15, -0.1) is 0 Å². The van der Waals surface area contributed by atoms with Crippen LogP contribution < -0.4 is 5.32 Å². The molecule has 0 atom stereocenters. The molecule has 124 valence electrons. The Labute approximate surface area is 149 Å². The Morgan fingerprint density at radius 1 is 1.21 bits per heavy atom. The lowest BCUT2D eigenvalue weighted by atomic mass is 10.1. The third-order valence-electron chi connectivity index (χ3n) is 3.44. The third kappa shape index (κ3) is 3.62. The Kier molecular flexibility index (Phi) is 4.91. The summed E-state index contributed by atoms with van der Waals surface area (Å²) in [5.41, 5.74) is 1.89. The number of halogens is 3. The quantitative estimate of drug-likeness (QED) is 0.529. The fraction of sp³-hybridized carbons (Fsp3) is 0.118. The normalized spacial score (nSPS) is 11.2. The summed E-state index contributed by atoms with van der Waals surface area (Å²) >= 11 is 3.85. The smallest absolute Gasteiger partial charge is 0.291 e. The molecular formula is C17H12BrF2NO2S. The molecule has 1 aromatic heterocycles. The van der Waals surface area contributed by atoms with Crippen LogP contribution in [-0.2, 0) is 0 Å². The average molecular weight is 412 g/mol. The molecule has 0 saturated heterocycles. The number of fused-ring (bicyclic) bond motifs is 1. The summed E-state index contributed by atoms with van der Waals surface area (Å²) in [5, 5.41) is 3.57. The molecule has 0 spiro atoms. The van der Waals surface area contributed by atoms with Gasteiger partial charge in [0, 0.05) is 26.0 Å². The van der Waals surface area contributed by atoms with E-state index in [0.717, 1.165) is 15.4 Å². The van der Waals surface area contributed by atoms with Crippen molar-refractivity contribution >= 4 is 50.3 Å². The van der Waals surface area contributed by atoms with Crippen molar-refractivity contribution in [2.24, 2.45) is 0 Å². The minimum absolute atomic E-state index is 0.231. The summed E-state index contributed by atoms with van der Waals surface area (Å²) in [4.78, 5) is 12.8. The minimum atomic E-state index is -2.47. The zero-order valence-corrected chi connectivity index (χ0v) is 14.9. The number of nitrogens with one attached hydrogen (secondary N) is 1. The number of alkyl halides is 2. The predicted molar refractivity (Wildman–Crippen MR) is 94.9 cm³/mol. The van der Waals surface area contributed by atoms with Gasteiger partial charge in [0.15, 0.2) is 5.76 Å². The number of benzene rings is 2. The highest BCUT2D eigenvalue weighted by Gasteiger charge is 2.18. The molecule has 3 nitrogen and oxygen atoms in total. The van der Waals surface area contributed by atoms with Gasteiger partial charge in [0.05, 0.1) is 0 Å². The number of hydrogen-bond donors (Lipinski definition) is 1. The summed E-state index contributed by atoms with van der Waals surface area (Å²) in [6, 6.07) is 11.8. The maximum Gasteiger partial charge on any atom is 0.291 e. The highest BCUT2D eigenvalue weighted by Crippen LogP contribution is 2.29. The first-order valence-corrected chi connectivity index (χ1v) is 8.66. The van der Waals surface area contributed by atoms with E-state index in [1.54, 1.807) is 18.2 Å². The number of rotatable bonds is 4. The van der Waals surface area contributed by atoms with Crippen LogP contribution in [0.15, 0.2) is 56.2 Å². The molecule has 7 heteroatoms. The summed E-state index contributed by atoms with van der Waals surface area (Å²) in [5.74, 6) is -2.62. The first-order chi connectivity index (χ1) is 11.4. The molecule has 1 heterocycles. The molecule has 0 radical (unpaired) electrons. The molecule has 2 aromatic carbocycles. The van der Waals surface area contributed by atoms with Crippen LogP contribution in [0.2, 0.25) is 0 Å². The molecule has 1 amide bonds. The molecular weight excluding hydrogens is 400 g/mol. The standard InChI is InChI=1S/C17H12BrF2NO2S/c1-9-13-8-10(18)2-7-14(13)23-15(9)16(22)21-11-3-5-12(6-4-11)24-17(19)20/h2-8,17H,1H3,(H,21,22). The zero-order chi connectivity index (χ0) is 17.3. The van der Waals surface area contributed by atoms with Crippen molar-refractivity contribution in [3.63, 3.8) is 0 Å². The van der Waals surface area contributed by atoms with E-state index in [1.807, 2.05) is 19.1 Å². The van der Waals surface area contributed by atoms with Crippen LogP contribution in [-0.4, -0.2) is 11.7 Å². The van der Waals surface area contributed by atoms with Crippen LogP contribution in [0.5, 0.6) is 0 Å². The van der Waals surface area contributed by atoms with Crippen molar-refractivity contribution in [1.82, 2.24) is 0 Å². The lowest BCUT2D eigenvalue weighted by Crippen LogP contribution is -2.11. The molecule has 3 rings (SSSR count). The lowest BCUT2D eigenvalue weighted by Gasteiger charge is -2.05. The Bertz CT molecular complexity index is 893. The van der Waals surface area contributed by atoms with Crippen LogP contribution in [0.1, 0.15) is 16.1 Å². The number of aryl methyl sites for hydroxylation is 1.